The summed E-state index contributed by atoms with van der Waals surface area (Å²) in [7, 11) is -2.57. The number of nitrogens with two attached hydrogens (primary N) is 1. The van der Waals surface area contributed by atoms with Crippen LogP contribution in [0.25, 0.3) is 0 Å². The second-order valence-electron chi connectivity index (χ2n) is 4.26. The van der Waals surface area contributed by atoms with Crippen molar-refractivity contribution >= 4 is 15.8 Å². The summed E-state index contributed by atoms with van der Waals surface area (Å²) < 4.78 is 34.7. The van der Waals surface area contributed by atoms with Crippen LogP contribution >= 0.6 is 0 Å². The first kappa shape index (κ1) is 14.2. The number of rotatable bonds is 4. The van der Waals surface area contributed by atoms with Crippen LogP contribution < -0.4 is 14.7 Å². The molecular formula is C14H15NO4S. The van der Waals surface area contributed by atoms with E-state index in [-0.39, 0.29) is 16.4 Å². The van der Waals surface area contributed by atoms with Crippen molar-refractivity contribution in [3.8, 4) is 11.5 Å². The second kappa shape index (κ2) is 5.42. The highest BCUT2D eigenvalue weighted by atomic mass is 32.2. The van der Waals surface area contributed by atoms with Gasteiger partial charge in [-0.3, -0.25) is 0 Å². The van der Waals surface area contributed by atoms with Crippen molar-refractivity contribution in [2.75, 3.05) is 12.8 Å². The second-order valence-corrected chi connectivity index (χ2v) is 5.78. The molecule has 0 fully saturated rings. The van der Waals surface area contributed by atoms with Crippen molar-refractivity contribution in [2.45, 2.75) is 11.8 Å². The summed E-state index contributed by atoms with van der Waals surface area (Å²) in [5, 5.41) is 0. The Kier molecular flexibility index (Phi) is 3.85. The maximum atomic E-state index is 12.3. The summed E-state index contributed by atoms with van der Waals surface area (Å²) in [6.45, 7) is 1.79. The molecule has 0 bridgehead atoms. The summed E-state index contributed by atoms with van der Waals surface area (Å²) in [5.41, 5.74) is 6.81. The third-order valence-corrected chi connectivity index (χ3v) is 3.92. The zero-order chi connectivity index (χ0) is 14.8. The molecule has 0 amide bonds. The van der Waals surface area contributed by atoms with E-state index < -0.39 is 10.1 Å². The normalized spacial score (nSPS) is 11.1. The molecule has 0 heterocycles. The van der Waals surface area contributed by atoms with Gasteiger partial charge in [0.15, 0.2) is 0 Å². The highest BCUT2D eigenvalue weighted by Gasteiger charge is 2.22. The molecule has 0 unspecified atom stereocenters. The van der Waals surface area contributed by atoms with E-state index in [0.29, 0.717) is 5.69 Å². The molecule has 0 aliphatic carbocycles. The summed E-state index contributed by atoms with van der Waals surface area (Å²) in [4.78, 5) is -0.0116. The van der Waals surface area contributed by atoms with Crippen LogP contribution in [-0.4, -0.2) is 15.5 Å². The summed E-state index contributed by atoms with van der Waals surface area (Å²) in [5.74, 6) is 0.396. The van der Waals surface area contributed by atoms with Crippen LogP contribution in [0.15, 0.2) is 47.4 Å². The first-order valence-corrected chi connectivity index (χ1v) is 7.28. The Hall–Kier alpha value is -2.21. The Bertz CT molecular complexity index is 726. The van der Waals surface area contributed by atoms with Crippen molar-refractivity contribution in [3.63, 3.8) is 0 Å². The van der Waals surface area contributed by atoms with Crippen LogP contribution in [0, 0.1) is 6.92 Å². The molecule has 20 heavy (non-hydrogen) atoms. The van der Waals surface area contributed by atoms with E-state index in [2.05, 4.69) is 0 Å². The van der Waals surface area contributed by atoms with Crippen molar-refractivity contribution < 1.29 is 17.3 Å². The van der Waals surface area contributed by atoms with Crippen molar-refractivity contribution in [1.82, 2.24) is 0 Å². The molecule has 0 aliphatic heterocycles. The van der Waals surface area contributed by atoms with Crippen LogP contribution in [0.5, 0.6) is 11.5 Å². The fourth-order valence-corrected chi connectivity index (χ4v) is 2.89. The molecule has 0 spiro atoms. The Morgan fingerprint density at radius 1 is 1.10 bits per heavy atom. The van der Waals surface area contributed by atoms with Gasteiger partial charge in [-0.25, -0.2) is 0 Å². The number of aryl methyl sites for hydroxylation is 1. The van der Waals surface area contributed by atoms with E-state index in [1.807, 2.05) is 0 Å². The average Bonchev–Trinajstić information content (AvgIpc) is 2.38. The zero-order valence-corrected chi connectivity index (χ0v) is 12.0. The van der Waals surface area contributed by atoms with Gasteiger partial charge in [0, 0.05) is 11.8 Å². The molecule has 106 valence electrons. The van der Waals surface area contributed by atoms with Gasteiger partial charge >= 0.3 is 10.1 Å². The molecular weight excluding hydrogens is 278 g/mol. The van der Waals surface area contributed by atoms with Crippen LogP contribution in [0.1, 0.15) is 5.56 Å². The lowest BCUT2D eigenvalue weighted by Crippen LogP contribution is -2.11. The minimum Gasteiger partial charge on any atom is -0.495 e. The number of hydrogen-bond acceptors (Lipinski definition) is 5. The number of hydrogen-bond donors (Lipinski definition) is 1. The molecule has 0 aliphatic rings. The molecule has 6 heteroatoms. The molecule has 0 aromatic heterocycles. The first-order valence-electron chi connectivity index (χ1n) is 5.87. The lowest BCUT2D eigenvalue weighted by Gasteiger charge is -2.11. The summed E-state index contributed by atoms with van der Waals surface area (Å²) in [6.07, 6.45) is 0. The van der Waals surface area contributed by atoms with Crippen LogP contribution in [0.4, 0.5) is 5.69 Å². The highest BCUT2D eigenvalue weighted by molar-refractivity contribution is 7.87. The van der Waals surface area contributed by atoms with Crippen molar-refractivity contribution in [1.29, 1.82) is 0 Å². The lowest BCUT2D eigenvalue weighted by atomic mass is 10.2. The standard InChI is InChI=1S/C14H15NO4S/c1-10-6-7-13(18-2)14(8-10)20(16,17)19-12-5-3-4-11(15)9-12/h3-9H,15H2,1-2H3. The molecule has 0 saturated carbocycles. The molecule has 2 rings (SSSR count). The van der Waals surface area contributed by atoms with Gasteiger partial charge in [-0.1, -0.05) is 12.1 Å². The molecule has 0 saturated heterocycles. The van der Waals surface area contributed by atoms with E-state index in [1.54, 1.807) is 31.2 Å². The highest BCUT2D eigenvalue weighted by Crippen LogP contribution is 2.28. The zero-order valence-electron chi connectivity index (χ0n) is 11.2. The Morgan fingerprint density at radius 3 is 2.50 bits per heavy atom. The average molecular weight is 293 g/mol. The first-order chi connectivity index (χ1) is 9.42. The van der Waals surface area contributed by atoms with Gasteiger partial charge in [0.1, 0.15) is 16.4 Å². The monoisotopic (exact) mass is 293 g/mol. The van der Waals surface area contributed by atoms with E-state index >= 15 is 0 Å². The summed E-state index contributed by atoms with van der Waals surface area (Å²) in [6, 6.07) is 11.1. The van der Waals surface area contributed by atoms with Crippen molar-refractivity contribution in [3.05, 3.63) is 48.0 Å². The predicted molar refractivity (Wildman–Crippen MR) is 76.4 cm³/mol. The topological polar surface area (TPSA) is 78.6 Å². The van der Waals surface area contributed by atoms with Crippen LogP contribution in [0.2, 0.25) is 0 Å². The molecule has 0 atom stereocenters. The lowest BCUT2D eigenvalue weighted by molar-refractivity contribution is 0.398. The summed E-state index contributed by atoms with van der Waals surface area (Å²) >= 11 is 0. The molecule has 5 nitrogen and oxygen atoms in total. The Morgan fingerprint density at radius 2 is 1.85 bits per heavy atom. The molecule has 0 radical (unpaired) electrons. The van der Waals surface area contributed by atoms with E-state index in [9.17, 15) is 8.42 Å². The van der Waals surface area contributed by atoms with Gasteiger partial charge in [-0.15, -0.1) is 0 Å². The van der Waals surface area contributed by atoms with Crippen molar-refractivity contribution in [2.24, 2.45) is 0 Å². The number of nitrogen functional groups attached to an aromatic ring is 1. The number of methoxy groups -OCH3 is 1. The predicted octanol–water partition coefficient (Wildman–Crippen LogP) is 2.35. The largest absolute Gasteiger partial charge is 0.495 e. The number of ether oxygens (including phenoxy) is 1. The molecule has 2 aromatic carbocycles. The minimum absolute atomic E-state index is 0.0116. The van der Waals surface area contributed by atoms with Crippen LogP contribution in [-0.2, 0) is 10.1 Å². The van der Waals surface area contributed by atoms with Gasteiger partial charge in [-0.2, -0.15) is 8.42 Å². The fourth-order valence-electron chi connectivity index (χ4n) is 1.72. The fraction of sp³-hybridized carbons (Fsp3) is 0.143. The Balaban J connectivity index is 2.43. The quantitative estimate of drug-likeness (QED) is 0.691. The SMILES string of the molecule is COc1ccc(C)cc1S(=O)(=O)Oc1cccc(N)c1. The smallest absolute Gasteiger partial charge is 0.342 e. The third kappa shape index (κ3) is 3.03. The maximum Gasteiger partial charge on any atom is 0.342 e. The van der Waals surface area contributed by atoms with Gasteiger partial charge in [0.2, 0.25) is 0 Å². The molecule has 2 aromatic rings. The van der Waals surface area contributed by atoms with Crippen LogP contribution in [0.3, 0.4) is 0 Å². The van der Waals surface area contributed by atoms with Gasteiger partial charge in [0.05, 0.1) is 7.11 Å². The number of benzene rings is 2. The van der Waals surface area contributed by atoms with Gasteiger partial charge < -0.3 is 14.7 Å². The van der Waals surface area contributed by atoms with Gasteiger partial charge in [-0.05, 0) is 36.8 Å². The van der Waals surface area contributed by atoms with E-state index in [0.717, 1.165) is 5.56 Å². The Labute approximate surface area is 118 Å². The third-order valence-electron chi connectivity index (χ3n) is 2.65. The van der Waals surface area contributed by atoms with E-state index in [1.165, 1.54) is 25.3 Å². The van der Waals surface area contributed by atoms with E-state index in [4.69, 9.17) is 14.7 Å². The maximum absolute atomic E-state index is 12.3. The minimum atomic E-state index is -3.98. The number of anilines is 1. The molecule has 2 N–H and O–H groups in total. The van der Waals surface area contributed by atoms with Gasteiger partial charge in [0.25, 0.3) is 0 Å².